The fourth-order valence-corrected chi connectivity index (χ4v) is 7.88. The zero-order valence-electron chi connectivity index (χ0n) is 28.5. The van der Waals surface area contributed by atoms with Crippen LogP contribution in [-0.2, 0) is 0 Å². The van der Waals surface area contributed by atoms with Gasteiger partial charge >= 0.3 is 0 Å². The van der Waals surface area contributed by atoms with Crippen molar-refractivity contribution in [3.05, 3.63) is 217 Å². The molecule has 0 saturated carbocycles. The van der Waals surface area contributed by atoms with Gasteiger partial charge in [-0.2, -0.15) is 0 Å². The third-order valence-electron chi connectivity index (χ3n) is 10.4. The fraction of sp³-hybridized carbons (Fsp3) is 0. The Morgan fingerprint density at radius 2 is 0.827 bits per heavy atom. The van der Waals surface area contributed by atoms with Gasteiger partial charge in [0, 0.05) is 33.4 Å². The number of hydrogen-bond acceptors (Lipinski definition) is 1. The summed E-state index contributed by atoms with van der Waals surface area (Å²) in [7, 11) is 0. The molecule has 0 N–H and O–H groups in total. The van der Waals surface area contributed by atoms with Crippen LogP contribution in [0.1, 0.15) is 16.7 Å². The molecule has 0 amide bonds. The van der Waals surface area contributed by atoms with Crippen LogP contribution in [0.3, 0.4) is 0 Å². The first kappa shape index (κ1) is 30.0. The largest absolute Gasteiger partial charge is 0.311 e. The van der Waals surface area contributed by atoms with Crippen LogP contribution in [0.15, 0.2) is 200 Å². The quantitative estimate of drug-likeness (QED) is 0.172. The minimum atomic E-state index is 1.10. The van der Waals surface area contributed by atoms with Gasteiger partial charge in [0.05, 0.1) is 16.7 Å². The first-order chi connectivity index (χ1) is 25.8. The van der Waals surface area contributed by atoms with Crippen molar-refractivity contribution in [2.75, 3.05) is 4.90 Å². The fourth-order valence-electron chi connectivity index (χ4n) is 7.88. The highest BCUT2D eigenvalue weighted by atomic mass is 15.1. The van der Waals surface area contributed by atoms with Crippen molar-refractivity contribution in [3.63, 3.8) is 0 Å². The van der Waals surface area contributed by atoms with E-state index in [0.29, 0.717) is 0 Å². The van der Waals surface area contributed by atoms with Crippen molar-refractivity contribution in [2.45, 2.75) is 0 Å². The molecule has 0 unspecified atom stereocenters. The second-order valence-corrected chi connectivity index (χ2v) is 13.4. The van der Waals surface area contributed by atoms with Crippen molar-refractivity contribution in [3.8, 4) is 27.9 Å². The Bertz CT molecular complexity index is 2650. The van der Waals surface area contributed by atoms with E-state index in [2.05, 4.69) is 216 Å². The Hall–Kier alpha value is -6.90. The molecule has 2 heteroatoms. The van der Waals surface area contributed by atoms with Crippen LogP contribution < -0.4 is 4.90 Å². The summed E-state index contributed by atoms with van der Waals surface area (Å²) in [5, 5.41) is 2.55. The average molecular weight is 663 g/mol. The highest BCUT2D eigenvalue weighted by Crippen LogP contribution is 2.43. The third-order valence-corrected chi connectivity index (χ3v) is 10.4. The smallest absolute Gasteiger partial charge is 0.0619 e. The van der Waals surface area contributed by atoms with Gasteiger partial charge in [0.15, 0.2) is 0 Å². The van der Waals surface area contributed by atoms with Crippen LogP contribution in [0.25, 0.3) is 61.4 Å². The van der Waals surface area contributed by atoms with Crippen LogP contribution in [0.4, 0.5) is 17.1 Å². The van der Waals surface area contributed by atoms with Gasteiger partial charge in [-0.3, -0.25) is 0 Å². The van der Waals surface area contributed by atoms with E-state index in [1.165, 1.54) is 72.0 Å². The number of rotatable bonds is 6. The Labute approximate surface area is 303 Å². The molecule has 0 radical (unpaired) electrons. The molecule has 1 aromatic heterocycles. The SMILES string of the molecule is C1=C(c2ccc(N(c3ccc(-c4ccccc4)cc3)c3ccc(-c4ccccc4)cc3)cc2)c2cccc3c4ccccc4n(c23)-c2ccccc21. The molecule has 0 saturated heterocycles. The van der Waals surface area contributed by atoms with E-state index in [1.807, 2.05) is 0 Å². The molecule has 10 rings (SSSR count). The van der Waals surface area contributed by atoms with E-state index >= 15 is 0 Å². The van der Waals surface area contributed by atoms with Gasteiger partial charge < -0.3 is 9.47 Å². The normalized spacial score (nSPS) is 12.0. The lowest BCUT2D eigenvalue weighted by Crippen LogP contribution is -2.10. The summed E-state index contributed by atoms with van der Waals surface area (Å²) in [6.45, 7) is 0. The molecule has 9 aromatic rings. The van der Waals surface area contributed by atoms with Gasteiger partial charge in [-0.1, -0.05) is 152 Å². The zero-order chi connectivity index (χ0) is 34.4. The summed E-state index contributed by atoms with van der Waals surface area (Å²) < 4.78 is 2.45. The maximum Gasteiger partial charge on any atom is 0.0619 e. The van der Waals surface area contributed by atoms with Crippen LogP contribution >= 0.6 is 0 Å². The number of fused-ring (bicyclic) bond motifs is 5. The molecule has 1 aliphatic rings. The maximum atomic E-state index is 2.45. The van der Waals surface area contributed by atoms with Crippen LogP contribution in [0.2, 0.25) is 0 Å². The molecule has 52 heavy (non-hydrogen) atoms. The second-order valence-electron chi connectivity index (χ2n) is 13.4. The monoisotopic (exact) mass is 662 g/mol. The molecule has 0 fully saturated rings. The molecule has 8 aromatic carbocycles. The first-order valence-electron chi connectivity index (χ1n) is 17.9. The second kappa shape index (κ2) is 12.5. The third kappa shape index (κ3) is 5.04. The van der Waals surface area contributed by atoms with E-state index in [4.69, 9.17) is 0 Å². The van der Waals surface area contributed by atoms with Gasteiger partial charge in [-0.05, 0) is 93.6 Å². The molecule has 2 heterocycles. The zero-order valence-corrected chi connectivity index (χ0v) is 28.5. The van der Waals surface area contributed by atoms with Gasteiger partial charge in [-0.15, -0.1) is 0 Å². The molecule has 1 aliphatic heterocycles. The van der Waals surface area contributed by atoms with E-state index in [0.717, 1.165) is 17.1 Å². The number of nitrogens with zero attached hydrogens (tertiary/aromatic N) is 2. The number of hydrogen-bond donors (Lipinski definition) is 0. The van der Waals surface area contributed by atoms with Crippen LogP contribution in [0, 0.1) is 0 Å². The molecule has 0 bridgehead atoms. The van der Waals surface area contributed by atoms with Gasteiger partial charge in [-0.25, -0.2) is 0 Å². The van der Waals surface area contributed by atoms with E-state index in [-0.39, 0.29) is 0 Å². The molecule has 2 nitrogen and oxygen atoms in total. The van der Waals surface area contributed by atoms with Crippen LogP contribution in [0.5, 0.6) is 0 Å². The Balaban J connectivity index is 1.09. The predicted molar refractivity (Wildman–Crippen MR) is 220 cm³/mol. The minimum absolute atomic E-state index is 1.10. The lowest BCUT2D eigenvalue weighted by Gasteiger charge is -2.26. The number of benzene rings is 8. The molecule has 0 spiro atoms. The highest BCUT2D eigenvalue weighted by Gasteiger charge is 2.22. The average Bonchev–Trinajstić information content (AvgIpc) is 3.48. The van der Waals surface area contributed by atoms with Crippen molar-refractivity contribution in [1.82, 2.24) is 4.57 Å². The van der Waals surface area contributed by atoms with Gasteiger partial charge in [0.2, 0.25) is 0 Å². The maximum absolute atomic E-state index is 2.45. The van der Waals surface area contributed by atoms with Crippen molar-refractivity contribution < 1.29 is 0 Å². The summed E-state index contributed by atoms with van der Waals surface area (Å²) in [6.07, 6.45) is 2.36. The van der Waals surface area contributed by atoms with E-state index in [9.17, 15) is 0 Å². The summed E-state index contributed by atoms with van der Waals surface area (Å²) in [4.78, 5) is 2.35. The van der Waals surface area contributed by atoms with Gasteiger partial charge in [0.1, 0.15) is 0 Å². The van der Waals surface area contributed by atoms with E-state index < -0.39 is 0 Å². The number of aromatic nitrogens is 1. The molecular weight excluding hydrogens is 629 g/mol. The summed E-state index contributed by atoms with van der Waals surface area (Å²) >= 11 is 0. The molecule has 244 valence electrons. The van der Waals surface area contributed by atoms with Crippen molar-refractivity contribution in [1.29, 1.82) is 0 Å². The Morgan fingerprint density at radius 1 is 0.346 bits per heavy atom. The standard InChI is InChI=1S/C50H34N2/c1-3-12-35(13-4-1)37-22-28-41(29-23-37)51(42-30-24-38(25-31-42)36-14-5-2-6-15-36)43-32-26-39(27-33-43)47-34-40-16-7-9-20-48(40)52-49-21-10-8-17-44(49)45-18-11-19-46(47)50(45)52/h1-34H. The summed E-state index contributed by atoms with van der Waals surface area (Å²) in [6, 6.07) is 72.3. The first-order valence-corrected chi connectivity index (χ1v) is 17.9. The Kier molecular flexibility index (Phi) is 7.18. The van der Waals surface area contributed by atoms with Gasteiger partial charge in [0.25, 0.3) is 0 Å². The lowest BCUT2D eigenvalue weighted by atomic mass is 9.94. The summed E-state index contributed by atoms with van der Waals surface area (Å²) in [5.74, 6) is 0. The molecule has 0 atom stereocenters. The number of anilines is 3. The topological polar surface area (TPSA) is 8.17 Å². The predicted octanol–water partition coefficient (Wildman–Crippen LogP) is 13.5. The summed E-state index contributed by atoms with van der Waals surface area (Å²) in [5.41, 5.74) is 16.7. The molecular formula is C50H34N2. The number of para-hydroxylation sites is 3. The molecule has 0 aliphatic carbocycles. The van der Waals surface area contributed by atoms with Crippen molar-refractivity contribution >= 4 is 50.5 Å². The lowest BCUT2D eigenvalue weighted by molar-refractivity contribution is 1.17. The van der Waals surface area contributed by atoms with Crippen LogP contribution in [-0.4, -0.2) is 4.57 Å². The Morgan fingerprint density at radius 3 is 1.44 bits per heavy atom. The highest BCUT2D eigenvalue weighted by molar-refractivity contribution is 6.15. The van der Waals surface area contributed by atoms with Crippen molar-refractivity contribution in [2.24, 2.45) is 0 Å². The minimum Gasteiger partial charge on any atom is -0.311 e. The van der Waals surface area contributed by atoms with E-state index in [1.54, 1.807) is 0 Å².